The molecule has 0 saturated heterocycles. The molecule has 5 heteroatoms. The molecule has 0 aliphatic heterocycles. The molecular formula is C19H21BrN4. The van der Waals surface area contributed by atoms with Crippen LogP contribution in [0.15, 0.2) is 39.6 Å². The zero-order valence-corrected chi connectivity index (χ0v) is 15.3. The Balaban J connectivity index is 1.70. The van der Waals surface area contributed by atoms with Gasteiger partial charge in [-0.2, -0.15) is 0 Å². The van der Waals surface area contributed by atoms with Crippen LogP contribution in [0.4, 0.5) is 0 Å². The number of hydrogen-bond donors (Lipinski definition) is 1. The van der Waals surface area contributed by atoms with Gasteiger partial charge in [0.25, 0.3) is 0 Å². The Labute approximate surface area is 150 Å². The predicted molar refractivity (Wildman–Crippen MR) is 102 cm³/mol. The third kappa shape index (κ3) is 3.22. The van der Waals surface area contributed by atoms with Gasteiger partial charge in [-0.15, -0.1) is 0 Å². The van der Waals surface area contributed by atoms with Gasteiger partial charge in [-0.3, -0.25) is 9.98 Å². The highest BCUT2D eigenvalue weighted by Crippen LogP contribution is 2.37. The lowest BCUT2D eigenvalue weighted by Crippen LogP contribution is -2.24. The molecule has 1 heterocycles. The first kappa shape index (κ1) is 15.8. The monoisotopic (exact) mass is 384 g/mol. The Morgan fingerprint density at radius 2 is 2.08 bits per heavy atom. The number of nitrogens with zero attached hydrogens (tertiary/aromatic N) is 3. The van der Waals surface area contributed by atoms with E-state index in [0.717, 1.165) is 51.2 Å². The van der Waals surface area contributed by atoms with E-state index in [1.165, 1.54) is 12.8 Å². The van der Waals surface area contributed by atoms with E-state index in [1.807, 2.05) is 30.6 Å². The van der Waals surface area contributed by atoms with Gasteiger partial charge in [-0.25, -0.2) is 4.98 Å². The molecule has 0 radical (unpaired) electrons. The topological polar surface area (TPSA) is 64.2 Å². The third-order valence-electron chi connectivity index (χ3n) is 4.87. The molecule has 0 spiro atoms. The summed E-state index contributed by atoms with van der Waals surface area (Å²) >= 11 is 3.47. The van der Waals surface area contributed by atoms with Crippen molar-refractivity contribution in [3.8, 4) is 0 Å². The van der Waals surface area contributed by atoms with Crippen molar-refractivity contribution >= 4 is 38.8 Å². The number of halogens is 1. The number of aliphatic imine (C=N–C) groups is 1. The van der Waals surface area contributed by atoms with E-state index in [9.17, 15) is 0 Å². The lowest BCUT2D eigenvalue weighted by molar-refractivity contribution is 0.293. The first-order valence-electron chi connectivity index (χ1n) is 8.55. The number of nitrogens with two attached hydrogens (primary N) is 1. The second kappa shape index (κ2) is 6.28. The molecule has 24 heavy (non-hydrogen) atoms. The van der Waals surface area contributed by atoms with Crippen LogP contribution in [0.5, 0.6) is 0 Å². The zero-order valence-electron chi connectivity index (χ0n) is 13.7. The lowest BCUT2D eigenvalue weighted by atomic mass is 9.82. The molecule has 2 aromatic rings. The Morgan fingerprint density at radius 3 is 2.79 bits per heavy atom. The first-order valence-corrected chi connectivity index (χ1v) is 9.35. The van der Waals surface area contributed by atoms with Crippen molar-refractivity contribution < 1.29 is 0 Å². The second-order valence-corrected chi connectivity index (χ2v) is 7.96. The summed E-state index contributed by atoms with van der Waals surface area (Å²) in [6, 6.07) is 6.37. The molecule has 2 aliphatic carbocycles. The van der Waals surface area contributed by atoms with Crippen LogP contribution in [0.3, 0.4) is 0 Å². The summed E-state index contributed by atoms with van der Waals surface area (Å²) in [6.45, 7) is 2.27. The molecule has 2 fully saturated rings. The average molecular weight is 385 g/mol. The number of aromatic nitrogens is 2. The maximum Gasteiger partial charge on any atom is 0.0925 e. The molecule has 4 nitrogen and oxygen atoms in total. The van der Waals surface area contributed by atoms with E-state index < -0.39 is 0 Å². The van der Waals surface area contributed by atoms with Crippen molar-refractivity contribution in [2.45, 2.75) is 38.6 Å². The van der Waals surface area contributed by atoms with E-state index in [1.54, 1.807) is 0 Å². The maximum atomic E-state index is 6.41. The standard InChI is InChI=1S/C19H21BrN4/c1-11-6-14(7-11)22-9-15(19(21)12-2-3-12)18-10-23-17-8-13(20)4-5-16(17)24-18/h4-5,8-12,14H,2-3,6-7,21H2,1H3. The van der Waals surface area contributed by atoms with Crippen LogP contribution < -0.4 is 5.73 Å². The van der Waals surface area contributed by atoms with Crippen LogP contribution in [-0.2, 0) is 0 Å². The summed E-state index contributed by atoms with van der Waals surface area (Å²) in [5.41, 5.74) is 10.9. The van der Waals surface area contributed by atoms with Crippen LogP contribution in [0.1, 0.15) is 38.3 Å². The van der Waals surface area contributed by atoms with Crippen LogP contribution in [-0.4, -0.2) is 22.2 Å². The second-order valence-electron chi connectivity index (χ2n) is 7.04. The summed E-state index contributed by atoms with van der Waals surface area (Å²) in [7, 11) is 0. The summed E-state index contributed by atoms with van der Waals surface area (Å²) in [5, 5.41) is 0. The Kier molecular flexibility index (Phi) is 4.12. The highest BCUT2D eigenvalue weighted by molar-refractivity contribution is 9.10. The first-order chi connectivity index (χ1) is 11.6. The van der Waals surface area contributed by atoms with Gasteiger partial charge in [-0.05, 0) is 55.7 Å². The minimum atomic E-state index is 0.436. The number of allylic oxidation sites excluding steroid dienone is 2. The quantitative estimate of drug-likeness (QED) is 0.797. The molecule has 1 aromatic carbocycles. The molecular weight excluding hydrogens is 364 g/mol. The van der Waals surface area contributed by atoms with Crippen molar-refractivity contribution in [1.82, 2.24) is 9.97 Å². The third-order valence-corrected chi connectivity index (χ3v) is 5.37. The van der Waals surface area contributed by atoms with Gasteiger partial charge in [0.2, 0.25) is 0 Å². The molecule has 2 N–H and O–H groups in total. The van der Waals surface area contributed by atoms with Crippen molar-refractivity contribution in [3.05, 3.63) is 40.3 Å². The fourth-order valence-electron chi connectivity index (χ4n) is 3.18. The van der Waals surface area contributed by atoms with Crippen LogP contribution in [0, 0.1) is 11.8 Å². The molecule has 0 amide bonds. The van der Waals surface area contributed by atoms with Gasteiger partial charge in [0.05, 0.1) is 29.0 Å². The van der Waals surface area contributed by atoms with E-state index >= 15 is 0 Å². The smallest absolute Gasteiger partial charge is 0.0925 e. The van der Waals surface area contributed by atoms with Crippen LogP contribution in [0.2, 0.25) is 0 Å². The Morgan fingerprint density at radius 1 is 1.29 bits per heavy atom. The van der Waals surface area contributed by atoms with Gasteiger partial charge in [0.15, 0.2) is 0 Å². The number of rotatable bonds is 4. The molecule has 2 aliphatic rings. The van der Waals surface area contributed by atoms with Crippen molar-refractivity contribution in [2.75, 3.05) is 0 Å². The molecule has 1 aromatic heterocycles. The van der Waals surface area contributed by atoms with Crippen molar-refractivity contribution in [2.24, 2.45) is 22.6 Å². The van der Waals surface area contributed by atoms with E-state index in [0.29, 0.717) is 12.0 Å². The van der Waals surface area contributed by atoms with Crippen molar-refractivity contribution in [3.63, 3.8) is 0 Å². The van der Waals surface area contributed by atoms with E-state index in [4.69, 9.17) is 15.7 Å². The molecule has 4 rings (SSSR count). The van der Waals surface area contributed by atoms with Gasteiger partial charge in [0.1, 0.15) is 0 Å². The minimum absolute atomic E-state index is 0.436. The Hall–Kier alpha value is -1.75. The van der Waals surface area contributed by atoms with Gasteiger partial charge >= 0.3 is 0 Å². The fraction of sp³-hybridized carbons (Fsp3) is 0.421. The summed E-state index contributed by atoms with van der Waals surface area (Å²) in [5.74, 6) is 1.27. The lowest BCUT2D eigenvalue weighted by Gasteiger charge is -2.29. The highest BCUT2D eigenvalue weighted by atomic mass is 79.9. The number of benzene rings is 1. The number of fused-ring (bicyclic) bond motifs is 1. The summed E-state index contributed by atoms with van der Waals surface area (Å²) in [6.07, 6.45) is 8.43. The highest BCUT2D eigenvalue weighted by Gasteiger charge is 2.28. The SMILES string of the molecule is CC1CC(N=CC(=C(N)C2CC2)c2cnc3cc(Br)ccc3n2)C1. The largest absolute Gasteiger partial charge is 0.401 e. The molecule has 0 unspecified atom stereocenters. The van der Waals surface area contributed by atoms with E-state index in [2.05, 4.69) is 27.8 Å². The minimum Gasteiger partial charge on any atom is -0.401 e. The molecule has 2 saturated carbocycles. The van der Waals surface area contributed by atoms with Gasteiger partial charge < -0.3 is 5.73 Å². The molecule has 0 bridgehead atoms. The summed E-state index contributed by atoms with van der Waals surface area (Å²) < 4.78 is 1.01. The van der Waals surface area contributed by atoms with Gasteiger partial charge in [0, 0.05) is 22.0 Å². The number of hydrogen-bond acceptors (Lipinski definition) is 4. The average Bonchev–Trinajstić information content (AvgIpc) is 3.37. The zero-order chi connectivity index (χ0) is 16.7. The predicted octanol–water partition coefficient (Wildman–Crippen LogP) is 4.34. The van der Waals surface area contributed by atoms with Crippen LogP contribution >= 0.6 is 15.9 Å². The van der Waals surface area contributed by atoms with Crippen LogP contribution in [0.25, 0.3) is 16.6 Å². The Bertz CT molecular complexity index is 832. The summed E-state index contributed by atoms with van der Waals surface area (Å²) in [4.78, 5) is 14.1. The fourth-order valence-corrected chi connectivity index (χ4v) is 3.53. The molecule has 124 valence electrons. The normalized spacial score (nSPS) is 24.9. The van der Waals surface area contributed by atoms with Crippen molar-refractivity contribution in [1.29, 1.82) is 0 Å². The van der Waals surface area contributed by atoms with Gasteiger partial charge in [-0.1, -0.05) is 22.9 Å². The molecule has 0 atom stereocenters. The maximum absolute atomic E-state index is 6.41. The van der Waals surface area contributed by atoms with E-state index in [-0.39, 0.29) is 0 Å².